The highest BCUT2D eigenvalue weighted by molar-refractivity contribution is 6.14. The van der Waals surface area contributed by atoms with Gasteiger partial charge in [0.15, 0.2) is 0 Å². The fourth-order valence-electron chi connectivity index (χ4n) is 4.93. The zero-order valence-corrected chi connectivity index (χ0v) is 15.0. The zero-order valence-electron chi connectivity index (χ0n) is 15.0. The monoisotopic (exact) mass is 342 g/mol. The first-order chi connectivity index (χ1) is 12.0. The van der Waals surface area contributed by atoms with Gasteiger partial charge in [-0.3, -0.25) is 9.59 Å². The van der Waals surface area contributed by atoms with Crippen LogP contribution in [0, 0.1) is 5.92 Å². The van der Waals surface area contributed by atoms with Crippen LogP contribution in [0.15, 0.2) is 23.8 Å². The Labute approximate surface area is 148 Å². The standard InChI is InChI=1S/C21H26O4/c1-3-13-11-8-12-16-17(13)15(4-2)18(14-9-6-5-7-10-14)21(16,19(22)23)20(24)25/h8,11-12,14H,3-7,9-10H2,1-2H3,(H,22,23)(H,24,25). The molecule has 1 saturated carbocycles. The second kappa shape index (κ2) is 6.66. The van der Waals surface area contributed by atoms with Crippen LogP contribution in [0.1, 0.15) is 69.1 Å². The number of carbonyl (C=O) groups is 2. The topological polar surface area (TPSA) is 74.6 Å². The second-order valence-corrected chi connectivity index (χ2v) is 7.13. The van der Waals surface area contributed by atoms with Gasteiger partial charge in [-0.25, -0.2) is 0 Å². The van der Waals surface area contributed by atoms with Gasteiger partial charge in [-0.2, -0.15) is 0 Å². The van der Waals surface area contributed by atoms with Crippen LogP contribution >= 0.6 is 0 Å². The second-order valence-electron chi connectivity index (χ2n) is 7.13. The first-order valence-corrected chi connectivity index (χ1v) is 9.33. The van der Waals surface area contributed by atoms with E-state index in [9.17, 15) is 19.8 Å². The van der Waals surface area contributed by atoms with Crippen molar-refractivity contribution >= 4 is 17.5 Å². The van der Waals surface area contributed by atoms with Crippen LogP contribution < -0.4 is 0 Å². The number of hydrogen-bond acceptors (Lipinski definition) is 2. The summed E-state index contributed by atoms with van der Waals surface area (Å²) in [7, 11) is 0. The quantitative estimate of drug-likeness (QED) is 0.777. The van der Waals surface area contributed by atoms with Crippen LogP contribution in [0.25, 0.3) is 5.57 Å². The summed E-state index contributed by atoms with van der Waals surface area (Å²) < 4.78 is 0. The maximum absolute atomic E-state index is 12.4. The molecule has 2 aliphatic rings. The van der Waals surface area contributed by atoms with E-state index >= 15 is 0 Å². The summed E-state index contributed by atoms with van der Waals surface area (Å²) >= 11 is 0. The van der Waals surface area contributed by atoms with Gasteiger partial charge in [0.2, 0.25) is 5.41 Å². The number of allylic oxidation sites excluding steroid dienone is 1. The van der Waals surface area contributed by atoms with Gasteiger partial charge in [-0.05, 0) is 59.4 Å². The smallest absolute Gasteiger partial charge is 0.329 e. The molecule has 0 aliphatic heterocycles. The van der Waals surface area contributed by atoms with Gasteiger partial charge in [-0.15, -0.1) is 0 Å². The van der Waals surface area contributed by atoms with Gasteiger partial charge in [-0.1, -0.05) is 51.3 Å². The molecule has 4 nitrogen and oxygen atoms in total. The summed E-state index contributed by atoms with van der Waals surface area (Å²) in [5.41, 5.74) is 2.09. The van der Waals surface area contributed by atoms with Gasteiger partial charge in [0.05, 0.1) is 0 Å². The van der Waals surface area contributed by atoms with E-state index in [4.69, 9.17) is 0 Å². The highest BCUT2D eigenvalue weighted by atomic mass is 16.4. The molecular weight excluding hydrogens is 316 g/mol. The lowest BCUT2D eigenvalue weighted by Gasteiger charge is -2.33. The van der Waals surface area contributed by atoms with E-state index in [-0.39, 0.29) is 5.92 Å². The molecule has 0 unspecified atom stereocenters. The molecule has 0 aromatic heterocycles. The van der Waals surface area contributed by atoms with Gasteiger partial charge < -0.3 is 10.2 Å². The first-order valence-electron chi connectivity index (χ1n) is 9.33. The molecule has 3 rings (SSSR count). The van der Waals surface area contributed by atoms with Gasteiger partial charge >= 0.3 is 11.9 Å². The van der Waals surface area contributed by atoms with Crippen LogP contribution in [0.5, 0.6) is 0 Å². The van der Waals surface area contributed by atoms with Crippen molar-refractivity contribution in [2.45, 2.75) is 64.2 Å². The van der Waals surface area contributed by atoms with Crippen LogP contribution in [0.3, 0.4) is 0 Å². The van der Waals surface area contributed by atoms with Crippen LogP contribution in [0.4, 0.5) is 0 Å². The van der Waals surface area contributed by atoms with Crippen LogP contribution in [-0.4, -0.2) is 22.2 Å². The van der Waals surface area contributed by atoms with Gasteiger partial charge in [0.25, 0.3) is 0 Å². The van der Waals surface area contributed by atoms with E-state index in [1.807, 2.05) is 19.9 Å². The fraction of sp³-hybridized carbons (Fsp3) is 0.524. The molecule has 1 aromatic rings. The Hall–Kier alpha value is -2.10. The third-order valence-corrected chi connectivity index (χ3v) is 5.98. The number of carboxylic acid groups (broad SMARTS) is 2. The molecule has 0 amide bonds. The minimum atomic E-state index is -1.92. The summed E-state index contributed by atoms with van der Waals surface area (Å²) in [6, 6.07) is 5.50. The highest BCUT2D eigenvalue weighted by Crippen LogP contribution is 2.54. The number of hydrogen-bond donors (Lipinski definition) is 2. The van der Waals surface area contributed by atoms with Gasteiger partial charge in [0, 0.05) is 0 Å². The van der Waals surface area contributed by atoms with E-state index in [0.29, 0.717) is 17.6 Å². The van der Waals surface area contributed by atoms with Gasteiger partial charge in [0.1, 0.15) is 0 Å². The van der Waals surface area contributed by atoms with E-state index in [1.165, 1.54) is 0 Å². The van der Waals surface area contributed by atoms with E-state index in [1.54, 1.807) is 12.1 Å². The van der Waals surface area contributed by atoms with Crippen molar-refractivity contribution in [3.05, 3.63) is 40.5 Å². The summed E-state index contributed by atoms with van der Waals surface area (Å²) in [5.74, 6) is -2.45. The number of benzene rings is 1. The van der Waals surface area contributed by atoms with Crippen molar-refractivity contribution in [2.24, 2.45) is 5.92 Å². The number of rotatable bonds is 5. The van der Waals surface area contributed by atoms with Crippen molar-refractivity contribution in [3.63, 3.8) is 0 Å². The minimum absolute atomic E-state index is 0.0491. The summed E-state index contributed by atoms with van der Waals surface area (Å²) in [6.07, 6.45) is 6.42. The maximum atomic E-state index is 12.4. The molecule has 4 heteroatoms. The molecule has 2 aliphatic carbocycles. The molecule has 0 radical (unpaired) electrons. The van der Waals surface area contributed by atoms with Crippen molar-refractivity contribution in [3.8, 4) is 0 Å². The summed E-state index contributed by atoms with van der Waals surface area (Å²) in [6.45, 7) is 4.04. The lowest BCUT2D eigenvalue weighted by atomic mass is 9.68. The number of aliphatic carboxylic acids is 2. The number of carboxylic acids is 2. The Morgan fingerprint density at radius 3 is 2.20 bits per heavy atom. The molecular formula is C21H26O4. The van der Waals surface area contributed by atoms with E-state index in [0.717, 1.165) is 55.2 Å². The predicted molar refractivity (Wildman–Crippen MR) is 96.6 cm³/mol. The normalized spacial score (nSPS) is 19.8. The molecule has 0 atom stereocenters. The molecule has 134 valence electrons. The van der Waals surface area contributed by atoms with Crippen molar-refractivity contribution in [1.82, 2.24) is 0 Å². The SMILES string of the molecule is CCC1=C(C2CCCCC2)C(C(=O)O)(C(=O)O)c2cccc(CC)c21. The Morgan fingerprint density at radius 1 is 1.04 bits per heavy atom. The number of fused-ring (bicyclic) bond motifs is 1. The lowest BCUT2D eigenvalue weighted by molar-refractivity contribution is -0.155. The molecule has 1 fully saturated rings. The Kier molecular flexibility index (Phi) is 4.72. The Bertz CT molecular complexity index is 724. The minimum Gasteiger partial charge on any atom is -0.480 e. The van der Waals surface area contributed by atoms with E-state index < -0.39 is 17.4 Å². The van der Waals surface area contributed by atoms with Crippen molar-refractivity contribution in [2.75, 3.05) is 0 Å². The van der Waals surface area contributed by atoms with E-state index in [2.05, 4.69) is 0 Å². The predicted octanol–water partition coefficient (Wildman–Crippen LogP) is 4.41. The molecule has 25 heavy (non-hydrogen) atoms. The maximum Gasteiger partial charge on any atom is 0.329 e. The lowest BCUT2D eigenvalue weighted by Crippen LogP contribution is -2.46. The zero-order chi connectivity index (χ0) is 18.2. The highest BCUT2D eigenvalue weighted by Gasteiger charge is 2.59. The average Bonchev–Trinajstić information content (AvgIpc) is 2.93. The largest absolute Gasteiger partial charge is 0.480 e. The Morgan fingerprint density at radius 2 is 1.68 bits per heavy atom. The molecule has 0 heterocycles. The molecule has 0 saturated heterocycles. The average molecular weight is 342 g/mol. The third kappa shape index (κ3) is 2.42. The first kappa shape index (κ1) is 17.7. The molecule has 2 N–H and O–H groups in total. The summed E-state index contributed by atoms with van der Waals surface area (Å²) in [4.78, 5) is 24.9. The fourth-order valence-corrected chi connectivity index (χ4v) is 4.93. The number of aryl methyl sites for hydroxylation is 1. The van der Waals surface area contributed by atoms with Crippen LogP contribution in [-0.2, 0) is 21.4 Å². The third-order valence-electron chi connectivity index (χ3n) is 5.98. The Balaban J connectivity index is 2.37. The summed E-state index contributed by atoms with van der Waals surface area (Å²) in [5, 5.41) is 20.3. The van der Waals surface area contributed by atoms with Crippen molar-refractivity contribution in [1.29, 1.82) is 0 Å². The molecule has 0 spiro atoms. The molecule has 0 bridgehead atoms. The van der Waals surface area contributed by atoms with Crippen LogP contribution in [0.2, 0.25) is 0 Å². The van der Waals surface area contributed by atoms with Crippen molar-refractivity contribution < 1.29 is 19.8 Å². The molecule has 1 aromatic carbocycles.